The maximum absolute atomic E-state index is 14.7. The minimum absolute atomic E-state index is 0.0820. The first kappa shape index (κ1) is 23.6. The Bertz CT molecular complexity index is 1270. The van der Waals surface area contributed by atoms with Crippen molar-refractivity contribution in [3.63, 3.8) is 0 Å². The Morgan fingerprint density at radius 1 is 1.03 bits per heavy atom. The first-order valence-electron chi connectivity index (χ1n) is 11.2. The maximum Gasteiger partial charge on any atom is 0.300 e. The minimum Gasteiger partial charge on any atom is -0.481 e. The van der Waals surface area contributed by atoms with Crippen LogP contribution in [0.3, 0.4) is 0 Å². The van der Waals surface area contributed by atoms with Crippen molar-refractivity contribution in [1.82, 2.24) is 15.2 Å². The van der Waals surface area contributed by atoms with E-state index in [1.165, 1.54) is 12.1 Å². The lowest BCUT2D eigenvalue weighted by atomic mass is 9.99. The van der Waals surface area contributed by atoms with E-state index < -0.39 is 5.97 Å². The number of aliphatic carboxylic acids is 1. The van der Waals surface area contributed by atoms with Crippen molar-refractivity contribution >= 4 is 16.9 Å². The average molecular weight is 464 g/mol. The lowest BCUT2D eigenvalue weighted by molar-refractivity contribution is -0.134. The monoisotopic (exact) mass is 463 g/mol. The highest BCUT2D eigenvalue weighted by molar-refractivity contribution is 5.85. The normalized spacial score (nSPS) is 16.1. The third-order valence-corrected chi connectivity index (χ3v) is 5.91. The molecule has 3 N–H and O–H groups in total. The molecule has 0 bridgehead atoms. The van der Waals surface area contributed by atoms with Gasteiger partial charge in [0, 0.05) is 56.4 Å². The van der Waals surface area contributed by atoms with Crippen molar-refractivity contribution in [2.75, 3.05) is 19.6 Å². The third-order valence-electron chi connectivity index (χ3n) is 5.91. The molecule has 4 aromatic rings. The number of H-pyrrole nitrogens is 1. The van der Waals surface area contributed by atoms with E-state index in [-0.39, 0.29) is 17.7 Å². The molecule has 1 aliphatic rings. The van der Waals surface area contributed by atoms with Crippen LogP contribution in [0.15, 0.2) is 72.9 Å². The van der Waals surface area contributed by atoms with Gasteiger partial charge in [0.2, 0.25) is 0 Å². The van der Waals surface area contributed by atoms with E-state index in [2.05, 4.69) is 33.4 Å². The molecule has 0 aliphatic carbocycles. The van der Waals surface area contributed by atoms with E-state index in [0.717, 1.165) is 54.2 Å². The fraction of sp³-hybridized carbons (Fsp3) is 0.222. The summed E-state index contributed by atoms with van der Waals surface area (Å²) in [5.41, 5.74) is 4.87. The number of aromatic amines is 1. The summed E-state index contributed by atoms with van der Waals surface area (Å²) in [6, 6.07) is 20.3. The highest BCUT2D eigenvalue weighted by Gasteiger charge is 2.24. The number of carbonyl (C=O) groups is 1. The molecule has 1 fully saturated rings. The number of halogens is 2. The summed E-state index contributed by atoms with van der Waals surface area (Å²) >= 11 is 0. The van der Waals surface area contributed by atoms with Gasteiger partial charge in [-0.05, 0) is 64.5 Å². The summed E-state index contributed by atoms with van der Waals surface area (Å²) in [6.45, 7) is 4.01. The number of hydrogen-bond acceptors (Lipinski definition) is 3. The van der Waals surface area contributed by atoms with Crippen molar-refractivity contribution < 1.29 is 18.7 Å². The van der Waals surface area contributed by atoms with E-state index in [1.807, 2.05) is 36.5 Å². The molecule has 1 atom stereocenters. The largest absolute Gasteiger partial charge is 0.481 e. The Kier molecular flexibility index (Phi) is 7.35. The zero-order valence-corrected chi connectivity index (χ0v) is 18.9. The van der Waals surface area contributed by atoms with Crippen molar-refractivity contribution in [2.24, 2.45) is 0 Å². The predicted molar refractivity (Wildman–Crippen MR) is 129 cm³/mol. The second kappa shape index (κ2) is 10.6. The first-order valence-corrected chi connectivity index (χ1v) is 11.2. The Labute approximate surface area is 197 Å². The second-order valence-corrected chi connectivity index (χ2v) is 8.35. The second-order valence-electron chi connectivity index (χ2n) is 8.35. The van der Waals surface area contributed by atoms with Crippen LogP contribution >= 0.6 is 0 Å². The number of benzene rings is 3. The number of carboxylic acids is 1. The van der Waals surface area contributed by atoms with Crippen LogP contribution in [0.5, 0.6) is 0 Å². The molecule has 34 heavy (non-hydrogen) atoms. The summed E-state index contributed by atoms with van der Waals surface area (Å²) in [5, 5.41) is 12.0. The number of fused-ring (bicyclic) bond motifs is 1. The zero-order valence-electron chi connectivity index (χ0n) is 18.9. The smallest absolute Gasteiger partial charge is 0.300 e. The topological polar surface area (TPSA) is 68.4 Å². The van der Waals surface area contributed by atoms with Crippen LogP contribution in [0.4, 0.5) is 8.78 Å². The summed E-state index contributed by atoms with van der Waals surface area (Å²) < 4.78 is 28.1. The number of nitrogens with one attached hydrogen (secondary N) is 2. The van der Waals surface area contributed by atoms with Crippen LogP contribution in [-0.4, -0.2) is 40.6 Å². The number of nitrogens with zero attached hydrogens (tertiary/aromatic N) is 1. The Hall–Kier alpha value is -3.55. The number of piperazine rings is 1. The van der Waals surface area contributed by atoms with Crippen LogP contribution in [0.25, 0.3) is 22.0 Å². The minimum atomic E-state index is -0.833. The van der Waals surface area contributed by atoms with Crippen molar-refractivity contribution in [1.29, 1.82) is 0 Å². The molecule has 176 valence electrons. The standard InChI is InChI=1S/C25H23F2N3.C2H4O2/c26-22-5-1-17(2-6-22)25-15-28-11-12-30(25)16-21-14-18(3-7-23(21)27)19-4-8-24-20(13-19)9-10-29-24;1-2(3)4/h1-10,13-14,25,28-29H,11-12,15-16H2;1H3,(H,3,4)/t25-;/m1./s1. The van der Waals surface area contributed by atoms with Gasteiger partial charge < -0.3 is 15.4 Å². The molecule has 2 heterocycles. The summed E-state index contributed by atoms with van der Waals surface area (Å²) in [5.74, 6) is -1.27. The van der Waals surface area contributed by atoms with Crippen molar-refractivity contribution in [3.05, 3.63) is 95.7 Å². The van der Waals surface area contributed by atoms with Gasteiger partial charge in [0.15, 0.2) is 0 Å². The van der Waals surface area contributed by atoms with Crippen LogP contribution < -0.4 is 5.32 Å². The lowest BCUT2D eigenvalue weighted by Gasteiger charge is -2.36. The molecule has 7 heteroatoms. The van der Waals surface area contributed by atoms with Gasteiger partial charge in [0.25, 0.3) is 5.97 Å². The summed E-state index contributed by atoms with van der Waals surface area (Å²) in [7, 11) is 0. The molecule has 1 aromatic heterocycles. The molecule has 0 amide bonds. The number of rotatable bonds is 4. The fourth-order valence-corrected chi connectivity index (χ4v) is 4.28. The molecule has 3 aromatic carbocycles. The first-order chi connectivity index (χ1) is 16.4. The molecule has 5 nitrogen and oxygen atoms in total. The van der Waals surface area contributed by atoms with Gasteiger partial charge in [0.1, 0.15) is 11.6 Å². The molecular weight excluding hydrogens is 436 g/mol. The molecule has 0 radical (unpaired) electrons. The van der Waals surface area contributed by atoms with E-state index in [4.69, 9.17) is 9.90 Å². The molecule has 0 saturated carbocycles. The lowest BCUT2D eigenvalue weighted by Crippen LogP contribution is -2.45. The van der Waals surface area contributed by atoms with Crippen LogP contribution in [-0.2, 0) is 11.3 Å². The predicted octanol–water partition coefficient (Wildman–Crippen LogP) is 5.35. The molecule has 1 saturated heterocycles. The molecule has 1 aliphatic heterocycles. The number of hydrogen-bond donors (Lipinski definition) is 3. The molecular formula is C27H27F2N3O2. The molecule has 5 rings (SSSR count). The van der Waals surface area contributed by atoms with E-state index >= 15 is 0 Å². The van der Waals surface area contributed by atoms with Crippen molar-refractivity contribution in [3.8, 4) is 11.1 Å². The van der Waals surface area contributed by atoms with Gasteiger partial charge >= 0.3 is 0 Å². The number of aromatic nitrogens is 1. The van der Waals surface area contributed by atoms with E-state index in [0.29, 0.717) is 12.1 Å². The maximum atomic E-state index is 14.7. The van der Waals surface area contributed by atoms with Gasteiger partial charge in [0.05, 0.1) is 0 Å². The Morgan fingerprint density at radius 3 is 2.50 bits per heavy atom. The molecule has 0 spiro atoms. The Morgan fingerprint density at radius 2 is 1.74 bits per heavy atom. The quantitative estimate of drug-likeness (QED) is 0.382. The van der Waals surface area contributed by atoms with Crippen LogP contribution in [0, 0.1) is 11.6 Å². The van der Waals surface area contributed by atoms with Gasteiger partial charge in [-0.25, -0.2) is 8.78 Å². The highest BCUT2D eigenvalue weighted by atomic mass is 19.1. The van der Waals surface area contributed by atoms with Gasteiger partial charge in [-0.1, -0.05) is 24.3 Å². The average Bonchev–Trinajstić information content (AvgIpc) is 3.29. The number of carboxylic acid groups (broad SMARTS) is 1. The van der Waals surface area contributed by atoms with Crippen LogP contribution in [0.2, 0.25) is 0 Å². The summed E-state index contributed by atoms with van der Waals surface area (Å²) in [4.78, 5) is 14.5. The van der Waals surface area contributed by atoms with Gasteiger partial charge in [-0.2, -0.15) is 0 Å². The van der Waals surface area contributed by atoms with E-state index in [1.54, 1.807) is 6.07 Å². The van der Waals surface area contributed by atoms with Gasteiger partial charge in [-0.3, -0.25) is 9.69 Å². The van der Waals surface area contributed by atoms with E-state index in [9.17, 15) is 8.78 Å². The zero-order chi connectivity index (χ0) is 24.1. The van der Waals surface area contributed by atoms with Gasteiger partial charge in [-0.15, -0.1) is 0 Å². The highest BCUT2D eigenvalue weighted by Crippen LogP contribution is 2.29. The third kappa shape index (κ3) is 5.68. The fourth-order valence-electron chi connectivity index (χ4n) is 4.28. The van der Waals surface area contributed by atoms with Crippen molar-refractivity contribution in [2.45, 2.75) is 19.5 Å². The Balaban J connectivity index is 0.000000636. The summed E-state index contributed by atoms with van der Waals surface area (Å²) in [6.07, 6.45) is 1.92. The molecule has 0 unspecified atom stereocenters. The van der Waals surface area contributed by atoms with Crippen LogP contribution in [0.1, 0.15) is 24.1 Å². The SMILES string of the molecule is CC(=O)O.Fc1ccc([C@H]2CNCCN2Cc2cc(-c3ccc4[nH]ccc4c3)ccc2F)cc1.